The van der Waals surface area contributed by atoms with Crippen molar-refractivity contribution in [3.8, 4) is 0 Å². The summed E-state index contributed by atoms with van der Waals surface area (Å²) in [4.78, 5) is 11.7. The van der Waals surface area contributed by atoms with Crippen molar-refractivity contribution >= 4 is 17.3 Å². The van der Waals surface area contributed by atoms with E-state index >= 15 is 0 Å². The Hall–Kier alpha value is -1.18. The van der Waals surface area contributed by atoms with Gasteiger partial charge in [0.1, 0.15) is 0 Å². The summed E-state index contributed by atoms with van der Waals surface area (Å²) in [6, 6.07) is 0. The van der Waals surface area contributed by atoms with Gasteiger partial charge in [-0.25, -0.2) is 4.98 Å². The van der Waals surface area contributed by atoms with Crippen molar-refractivity contribution in [1.82, 2.24) is 15.2 Å². The number of aromatic nitrogens is 1. The van der Waals surface area contributed by atoms with Crippen LogP contribution >= 0.6 is 11.3 Å². The lowest BCUT2D eigenvalue weighted by atomic mass is 10.1. The van der Waals surface area contributed by atoms with Gasteiger partial charge in [-0.05, 0) is 26.7 Å². The quantitative estimate of drug-likeness (QED) is 0.390. The minimum atomic E-state index is 0.582. The van der Waals surface area contributed by atoms with Gasteiger partial charge in [0.05, 0.1) is 24.8 Å². The van der Waals surface area contributed by atoms with Crippen LogP contribution in [0, 0.1) is 12.8 Å². The van der Waals surface area contributed by atoms with E-state index in [2.05, 4.69) is 27.5 Å². The predicted molar refractivity (Wildman–Crippen MR) is 104 cm³/mol. The van der Waals surface area contributed by atoms with Gasteiger partial charge in [-0.15, -0.1) is 11.3 Å². The molecule has 1 saturated heterocycles. The third kappa shape index (κ3) is 7.30. The topological polar surface area (TPSA) is 59.0 Å². The molecule has 2 rings (SSSR count). The largest absolute Gasteiger partial charge is 0.382 e. The highest BCUT2D eigenvalue weighted by Crippen LogP contribution is 2.17. The van der Waals surface area contributed by atoms with Crippen LogP contribution in [-0.4, -0.2) is 69.0 Å². The molecule has 1 fully saturated rings. The van der Waals surface area contributed by atoms with E-state index in [0.717, 1.165) is 63.7 Å². The van der Waals surface area contributed by atoms with Crippen LogP contribution in [0.4, 0.5) is 0 Å². The number of ether oxygens (including phenoxy) is 2. The average molecular weight is 369 g/mol. The molecule has 1 atom stereocenters. The molecule has 142 valence electrons. The number of methoxy groups -OCH3 is 1. The number of rotatable bonds is 10. The number of thiazole rings is 1. The van der Waals surface area contributed by atoms with Crippen molar-refractivity contribution in [3.05, 3.63) is 16.1 Å². The van der Waals surface area contributed by atoms with Crippen molar-refractivity contribution in [3.63, 3.8) is 0 Å². The van der Waals surface area contributed by atoms with Crippen LogP contribution < -0.4 is 5.32 Å². The molecule has 1 aliphatic heterocycles. The maximum absolute atomic E-state index is 5.68. The van der Waals surface area contributed by atoms with Crippen LogP contribution in [0.25, 0.3) is 0 Å². The second-order valence-electron chi connectivity index (χ2n) is 6.39. The minimum absolute atomic E-state index is 0.582. The summed E-state index contributed by atoms with van der Waals surface area (Å²) in [6.07, 6.45) is 3.21. The summed E-state index contributed by atoms with van der Waals surface area (Å²) in [5.74, 6) is 1.62. The zero-order chi connectivity index (χ0) is 17.9. The highest BCUT2D eigenvalue weighted by atomic mass is 32.1. The maximum atomic E-state index is 5.68. The Balaban J connectivity index is 1.73. The fourth-order valence-corrected chi connectivity index (χ4v) is 3.73. The average Bonchev–Trinajstić information content (AvgIpc) is 3.24. The molecule has 1 aliphatic rings. The second kappa shape index (κ2) is 11.4. The molecule has 0 aliphatic carbocycles. The standard InChI is InChI=1S/C18H32N4O2S/c1-4-19-18(20-8-5-6-17-21-15(2)14-25-17)22-9-7-16(12-22)13-24-11-10-23-3/h14,16H,4-13H2,1-3H3,(H,19,20). The monoisotopic (exact) mass is 368 g/mol. The van der Waals surface area contributed by atoms with E-state index in [0.29, 0.717) is 19.1 Å². The highest BCUT2D eigenvalue weighted by molar-refractivity contribution is 7.09. The van der Waals surface area contributed by atoms with Crippen molar-refractivity contribution in [2.45, 2.75) is 33.1 Å². The van der Waals surface area contributed by atoms with Gasteiger partial charge < -0.3 is 19.7 Å². The van der Waals surface area contributed by atoms with Crippen LogP contribution in [0.2, 0.25) is 0 Å². The molecule has 2 heterocycles. The van der Waals surface area contributed by atoms with Crippen LogP contribution in [-0.2, 0) is 15.9 Å². The van der Waals surface area contributed by atoms with E-state index in [9.17, 15) is 0 Å². The highest BCUT2D eigenvalue weighted by Gasteiger charge is 2.24. The smallest absolute Gasteiger partial charge is 0.193 e. The van der Waals surface area contributed by atoms with Gasteiger partial charge in [0.2, 0.25) is 0 Å². The van der Waals surface area contributed by atoms with Gasteiger partial charge in [0.25, 0.3) is 0 Å². The van der Waals surface area contributed by atoms with E-state index in [4.69, 9.17) is 14.5 Å². The molecule has 0 spiro atoms. The Bertz CT molecular complexity index is 521. The molecule has 0 saturated carbocycles. The predicted octanol–water partition coefficient (Wildman–Crippen LogP) is 2.33. The molecular weight excluding hydrogens is 336 g/mol. The van der Waals surface area contributed by atoms with Gasteiger partial charge >= 0.3 is 0 Å². The Kier molecular flexibility index (Phi) is 9.21. The van der Waals surface area contributed by atoms with E-state index in [1.54, 1.807) is 18.4 Å². The molecule has 25 heavy (non-hydrogen) atoms. The third-order valence-corrected chi connectivity index (χ3v) is 5.21. The number of hydrogen-bond donors (Lipinski definition) is 1. The van der Waals surface area contributed by atoms with E-state index in [-0.39, 0.29) is 0 Å². The number of guanidine groups is 1. The number of aryl methyl sites for hydroxylation is 2. The Labute approximate surface area is 155 Å². The molecule has 1 N–H and O–H groups in total. The first-order valence-corrected chi connectivity index (χ1v) is 10.1. The summed E-state index contributed by atoms with van der Waals surface area (Å²) < 4.78 is 10.7. The lowest BCUT2D eigenvalue weighted by Gasteiger charge is -2.21. The van der Waals surface area contributed by atoms with Gasteiger partial charge in [0.15, 0.2) is 5.96 Å². The molecule has 0 radical (unpaired) electrons. The normalized spacial score (nSPS) is 18.1. The second-order valence-corrected chi connectivity index (χ2v) is 7.33. The van der Waals surface area contributed by atoms with Gasteiger partial charge in [0, 0.05) is 56.7 Å². The summed E-state index contributed by atoms with van der Waals surface area (Å²) in [7, 11) is 1.70. The van der Waals surface area contributed by atoms with E-state index in [1.807, 2.05) is 6.92 Å². The summed E-state index contributed by atoms with van der Waals surface area (Å²) in [5.41, 5.74) is 1.12. The lowest BCUT2D eigenvalue weighted by molar-refractivity contribution is 0.0536. The number of nitrogens with one attached hydrogen (secondary N) is 1. The van der Waals surface area contributed by atoms with Gasteiger partial charge in [-0.2, -0.15) is 0 Å². The summed E-state index contributed by atoms with van der Waals surface area (Å²) >= 11 is 1.75. The SMILES string of the molecule is CCNC(=NCCCc1nc(C)cs1)N1CCC(COCCOC)C1. The fourth-order valence-electron chi connectivity index (χ4n) is 2.91. The van der Waals surface area contributed by atoms with Crippen molar-refractivity contribution in [2.24, 2.45) is 10.9 Å². The van der Waals surface area contributed by atoms with Crippen molar-refractivity contribution in [2.75, 3.05) is 53.1 Å². The zero-order valence-corrected chi connectivity index (χ0v) is 16.6. The molecule has 1 aromatic heterocycles. The first-order chi connectivity index (χ1) is 12.2. The third-order valence-electron chi connectivity index (χ3n) is 4.18. The molecular formula is C18H32N4O2S. The van der Waals surface area contributed by atoms with Gasteiger partial charge in [-0.3, -0.25) is 4.99 Å². The molecule has 0 amide bonds. The fraction of sp³-hybridized carbons (Fsp3) is 0.778. The molecule has 6 nitrogen and oxygen atoms in total. The summed E-state index contributed by atoms with van der Waals surface area (Å²) in [6.45, 7) is 10.1. The van der Waals surface area contributed by atoms with Crippen LogP contribution in [0.1, 0.15) is 30.5 Å². The minimum Gasteiger partial charge on any atom is -0.382 e. The van der Waals surface area contributed by atoms with Crippen molar-refractivity contribution < 1.29 is 9.47 Å². The Morgan fingerprint density at radius 1 is 1.48 bits per heavy atom. The van der Waals surface area contributed by atoms with E-state index < -0.39 is 0 Å². The van der Waals surface area contributed by atoms with Crippen LogP contribution in [0.3, 0.4) is 0 Å². The first kappa shape index (κ1) is 20.1. The van der Waals surface area contributed by atoms with E-state index in [1.165, 1.54) is 5.01 Å². The zero-order valence-electron chi connectivity index (χ0n) is 15.8. The number of hydrogen-bond acceptors (Lipinski definition) is 5. The number of likely N-dealkylation sites (tertiary alicyclic amines) is 1. The lowest BCUT2D eigenvalue weighted by Crippen LogP contribution is -2.40. The molecule has 1 unspecified atom stereocenters. The molecule has 0 bridgehead atoms. The van der Waals surface area contributed by atoms with Gasteiger partial charge in [-0.1, -0.05) is 0 Å². The Morgan fingerprint density at radius 2 is 2.36 bits per heavy atom. The first-order valence-electron chi connectivity index (χ1n) is 9.23. The molecule has 1 aromatic rings. The summed E-state index contributed by atoms with van der Waals surface area (Å²) in [5, 5.41) is 6.75. The Morgan fingerprint density at radius 3 is 3.08 bits per heavy atom. The molecule has 0 aromatic carbocycles. The number of nitrogens with zero attached hydrogens (tertiary/aromatic N) is 3. The van der Waals surface area contributed by atoms with Crippen molar-refractivity contribution in [1.29, 1.82) is 0 Å². The maximum Gasteiger partial charge on any atom is 0.193 e. The molecule has 7 heteroatoms. The number of aliphatic imine (C=N–C) groups is 1. The van der Waals surface area contributed by atoms with Crippen LogP contribution in [0.5, 0.6) is 0 Å². The van der Waals surface area contributed by atoms with Crippen LogP contribution in [0.15, 0.2) is 10.4 Å².